The minimum atomic E-state index is -1.20. The van der Waals surface area contributed by atoms with Crippen molar-refractivity contribution in [2.75, 3.05) is 0 Å². The number of benzene rings is 8. The standard InChI is InChI=1S/C42H30O9/c1-18-15-27-30(26-12-6-10-24-23(9-5-11-25(24)26)22-14-13-20-7-3-4-8-21(20)16-22)28-17-29(43)36(45)37(46)32(28)33(31(27)35(44)19(18)2)34-38(47)40(49)42(51)41(50)39(34)48/h3-17,43-51H,1-2H3. The summed E-state index contributed by atoms with van der Waals surface area (Å²) in [6, 6.07) is 28.8. The summed E-state index contributed by atoms with van der Waals surface area (Å²) < 4.78 is 0. The van der Waals surface area contributed by atoms with Gasteiger partial charge in [-0.1, -0.05) is 78.9 Å². The Morgan fingerprint density at radius 2 is 0.941 bits per heavy atom. The summed E-state index contributed by atoms with van der Waals surface area (Å²) in [5, 5.41) is 103. The van der Waals surface area contributed by atoms with Gasteiger partial charge in [0.15, 0.2) is 23.0 Å². The normalized spacial score (nSPS) is 11.6. The predicted octanol–water partition coefficient (Wildman–Crippen LogP) is 9.27. The molecule has 9 N–H and O–H groups in total. The van der Waals surface area contributed by atoms with E-state index in [0.29, 0.717) is 27.6 Å². The number of rotatable bonds is 3. The van der Waals surface area contributed by atoms with E-state index in [1.807, 2.05) is 66.7 Å². The van der Waals surface area contributed by atoms with Crippen molar-refractivity contribution in [3.8, 4) is 85.1 Å². The number of aryl methyl sites for hydroxylation is 1. The molecule has 0 fully saturated rings. The van der Waals surface area contributed by atoms with Crippen LogP contribution in [0.3, 0.4) is 0 Å². The molecule has 0 atom stereocenters. The highest BCUT2D eigenvalue weighted by atomic mass is 16.4. The van der Waals surface area contributed by atoms with Crippen molar-refractivity contribution < 1.29 is 46.0 Å². The lowest BCUT2D eigenvalue weighted by molar-refractivity contribution is 0.330. The summed E-state index contributed by atoms with van der Waals surface area (Å²) in [5.41, 5.74) is 3.06. The molecule has 0 saturated heterocycles. The van der Waals surface area contributed by atoms with E-state index >= 15 is 0 Å². The van der Waals surface area contributed by atoms with Gasteiger partial charge in [-0.15, -0.1) is 0 Å². The van der Waals surface area contributed by atoms with Gasteiger partial charge >= 0.3 is 0 Å². The van der Waals surface area contributed by atoms with Crippen molar-refractivity contribution in [3.63, 3.8) is 0 Å². The van der Waals surface area contributed by atoms with Crippen LogP contribution < -0.4 is 0 Å². The van der Waals surface area contributed by atoms with E-state index in [1.54, 1.807) is 19.9 Å². The SMILES string of the molecule is Cc1cc2c(-c3cccc4c(-c5ccc6ccccc6c5)cccc34)c3cc(O)c(O)c(O)c3c(-c3c(O)c(O)c(O)c(O)c3O)c2c(O)c1C. The van der Waals surface area contributed by atoms with E-state index in [2.05, 4.69) is 12.1 Å². The molecule has 0 bridgehead atoms. The molecule has 0 aliphatic carbocycles. The van der Waals surface area contributed by atoms with Crippen LogP contribution in [0.15, 0.2) is 91.0 Å². The van der Waals surface area contributed by atoms with Crippen molar-refractivity contribution in [3.05, 3.63) is 102 Å². The molecule has 51 heavy (non-hydrogen) atoms. The summed E-state index contributed by atoms with van der Waals surface area (Å²) in [6.45, 7) is 3.42. The van der Waals surface area contributed by atoms with Crippen LogP contribution >= 0.6 is 0 Å². The average molecular weight is 679 g/mol. The molecule has 8 rings (SSSR count). The Kier molecular flexibility index (Phi) is 6.75. The van der Waals surface area contributed by atoms with Crippen LogP contribution in [-0.4, -0.2) is 46.0 Å². The minimum absolute atomic E-state index is 0.0289. The molecule has 0 unspecified atom stereocenters. The maximum absolute atomic E-state index is 11.9. The molecule has 0 radical (unpaired) electrons. The predicted molar refractivity (Wildman–Crippen MR) is 197 cm³/mol. The maximum atomic E-state index is 11.9. The van der Waals surface area contributed by atoms with Gasteiger partial charge in [0.05, 0.1) is 5.56 Å². The van der Waals surface area contributed by atoms with E-state index in [1.165, 1.54) is 6.07 Å². The van der Waals surface area contributed by atoms with Crippen LogP contribution in [0.1, 0.15) is 11.1 Å². The molecule has 8 aromatic rings. The van der Waals surface area contributed by atoms with Crippen molar-refractivity contribution in [1.82, 2.24) is 0 Å². The molecule has 0 spiro atoms. The number of hydrogen-bond donors (Lipinski definition) is 9. The van der Waals surface area contributed by atoms with Crippen LogP contribution in [0.4, 0.5) is 0 Å². The van der Waals surface area contributed by atoms with Gasteiger partial charge in [-0.25, -0.2) is 0 Å². The summed E-state index contributed by atoms with van der Waals surface area (Å²) in [4.78, 5) is 0. The number of phenolic OH excluding ortho intramolecular Hbond substituents is 9. The number of fused-ring (bicyclic) bond motifs is 4. The molecule has 0 aliphatic rings. The zero-order valence-electron chi connectivity index (χ0n) is 27.2. The van der Waals surface area contributed by atoms with E-state index in [0.717, 1.165) is 32.7 Å². The molecule has 0 amide bonds. The van der Waals surface area contributed by atoms with Crippen LogP contribution in [0.2, 0.25) is 0 Å². The molecule has 8 aromatic carbocycles. The highest BCUT2D eigenvalue weighted by molar-refractivity contribution is 6.28. The van der Waals surface area contributed by atoms with E-state index in [-0.39, 0.29) is 27.5 Å². The summed E-state index contributed by atoms with van der Waals surface area (Å²) in [6.07, 6.45) is 0. The Morgan fingerprint density at radius 3 is 1.63 bits per heavy atom. The zero-order chi connectivity index (χ0) is 36.0. The second kappa shape index (κ2) is 11.0. The number of phenols is 9. The molecule has 0 aromatic heterocycles. The summed E-state index contributed by atoms with van der Waals surface area (Å²) >= 11 is 0. The van der Waals surface area contributed by atoms with Gasteiger partial charge < -0.3 is 46.0 Å². The number of hydrogen-bond acceptors (Lipinski definition) is 9. The van der Waals surface area contributed by atoms with Crippen LogP contribution in [0.25, 0.3) is 76.5 Å². The minimum Gasteiger partial charge on any atom is -0.507 e. The van der Waals surface area contributed by atoms with Crippen molar-refractivity contribution in [2.24, 2.45) is 0 Å². The fourth-order valence-corrected chi connectivity index (χ4v) is 7.31. The highest BCUT2D eigenvalue weighted by Gasteiger charge is 2.32. The first kappa shape index (κ1) is 31.3. The third-order valence-electron chi connectivity index (χ3n) is 9.98. The molecule has 0 aliphatic heterocycles. The molecule has 9 nitrogen and oxygen atoms in total. The first-order valence-corrected chi connectivity index (χ1v) is 16.0. The van der Waals surface area contributed by atoms with Crippen molar-refractivity contribution in [1.29, 1.82) is 0 Å². The smallest absolute Gasteiger partial charge is 0.208 e. The van der Waals surface area contributed by atoms with Gasteiger partial charge in [-0.05, 0) is 91.7 Å². The molecule has 0 saturated carbocycles. The fraction of sp³-hybridized carbons (Fsp3) is 0.0476. The Bertz CT molecular complexity index is 2720. The first-order chi connectivity index (χ1) is 24.4. The summed E-state index contributed by atoms with van der Waals surface area (Å²) in [7, 11) is 0. The highest BCUT2D eigenvalue weighted by Crippen LogP contribution is 2.61. The van der Waals surface area contributed by atoms with Gasteiger partial charge in [0.1, 0.15) is 5.75 Å². The van der Waals surface area contributed by atoms with Crippen LogP contribution in [0.5, 0.6) is 51.7 Å². The Morgan fingerprint density at radius 1 is 0.373 bits per heavy atom. The Labute approximate surface area is 289 Å². The zero-order valence-corrected chi connectivity index (χ0v) is 27.2. The van der Waals surface area contributed by atoms with Crippen LogP contribution in [0, 0.1) is 13.8 Å². The second-order valence-corrected chi connectivity index (χ2v) is 12.7. The fourth-order valence-electron chi connectivity index (χ4n) is 7.31. The van der Waals surface area contributed by atoms with Gasteiger partial charge in [-0.2, -0.15) is 0 Å². The second-order valence-electron chi connectivity index (χ2n) is 12.7. The third-order valence-corrected chi connectivity index (χ3v) is 9.98. The first-order valence-electron chi connectivity index (χ1n) is 16.0. The lowest BCUT2D eigenvalue weighted by Crippen LogP contribution is -1.96. The molecular formula is C42H30O9. The van der Waals surface area contributed by atoms with Gasteiger partial charge in [0, 0.05) is 16.3 Å². The van der Waals surface area contributed by atoms with Crippen LogP contribution in [-0.2, 0) is 0 Å². The molecule has 252 valence electrons. The lowest BCUT2D eigenvalue weighted by Gasteiger charge is -2.23. The average Bonchev–Trinajstić information content (AvgIpc) is 3.13. The van der Waals surface area contributed by atoms with Gasteiger partial charge in [0.25, 0.3) is 0 Å². The Balaban J connectivity index is 1.58. The monoisotopic (exact) mass is 678 g/mol. The van der Waals surface area contributed by atoms with E-state index in [4.69, 9.17) is 0 Å². The van der Waals surface area contributed by atoms with E-state index < -0.39 is 51.6 Å². The van der Waals surface area contributed by atoms with Gasteiger partial charge in [-0.3, -0.25) is 0 Å². The van der Waals surface area contributed by atoms with E-state index in [9.17, 15) is 46.0 Å². The third kappa shape index (κ3) is 4.34. The molecule has 0 heterocycles. The van der Waals surface area contributed by atoms with Gasteiger partial charge in [0.2, 0.25) is 23.0 Å². The Hall–Kier alpha value is -7.00. The maximum Gasteiger partial charge on any atom is 0.208 e. The number of aromatic hydroxyl groups is 9. The van der Waals surface area contributed by atoms with Crippen molar-refractivity contribution >= 4 is 43.1 Å². The largest absolute Gasteiger partial charge is 0.507 e. The summed E-state index contributed by atoms with van der Waals surface area (Å²) in [5.74, 6) is -8.50. The molecule has 9 heteroatoms. The topological polar surface area (TPSA) is 182 Å². The molecular weight excluding hydrogens is 648 g/mol. The lowest BCUT2D eigenvalue weighted by atomic mass is 9.81. The quantitative estimate of drug-likeness (QED) is 0.0499. The van der Waals surface area contributed by atoms with Crippen molar-refractivity contribution in [2.45, 2.75) is 13.8 Å².